The number of carbonyl (C=O) groups excluding carboxylic acids is 1. The molecule has 0 radical (unpaired) electrons. The van der Waals surface area contributed by atoms with E-state index < -0.39 is 0 Å². The van der Waals surface area contributed by atoms with Gasteiger partial charge in [-0.3, -0.25) is 4.79 Å². The zero-order valence-corrected chi connectivity index (χ0v) is 7.60. The SMILES string of the molecule is CC1CCCCC(C)C(=O)C1. The molecule has 1 fully saturated rings. The van der Waals surface area contributed by atoms with Crippen molar-refractivity contribution in [3.8, 4) is 0 Å². The van der Waals surface area contributed by atoms with Crippen molar-refractivity contribution in [1.82, 2.24) is 0 Å². The van der Waals surface area contributed by atoms with E-state index in [1.807, 2.05) is 0 Å². The van der Waals surface area contributed by atoms with Crippen LogP contribution in [-0.4, -0.2) is 5.78 Å². The maximum atomic E-state index is 11.4. The Kier molecular flexibility index (Phi) is 3.10. The van der Waals surface area contributed by atoms with Crippen LogP contribution in [0.15, 0.2) is 0 Å². The minimum atomic E-state index is 0.331. The van der Waals surface area contributed by atoms with Crippen molar-refractivity contribution in [2.75, 3.05) is 0 Å². The van der Waals surface area contributed by atoms with Gasteiger partial charge in [0.15, 0.2) is 0 Å². The van der Waals surface area contributed by atoms with Crippen molar-refractivity contribution < 1.29 is 4.79 Å². The Bertz CT molecular complexity index is 140. The molecule has 64 valence electrons. The number of ketones is 1. The fraction of sp³-hybridized carbons (Fsp3) is 0.900. The molecule has 1 aliphatic carbocycles. The van der Waals surface area contributed by atoms with Crippen molar-refractivity contribution in [1.29, 1.82) is 0 Å². The Morgan fingerprint density at radius 2 is 1.82 bits per heavy atom. The summed E-state index contributed by atoms with van der Waals surface area (Å²) in [4.78, 5) is 11.4. The molecule has 0 N–H and O–H groups in total. The monoisotopic (exact) mass is 154 g/mol. The number of carbonyl (C=O) groups is 1. The zero-order valence-electron chi connectivity index (χ0n) is 7.60. The largest absolute Gasteiger partial charge is 0.299 e. The van der Waals surface area contributed by atoms with Crippen LogP contribution in [0.2, 0.25) is 0 Å². The molecule has 1 nitrogen and oxygen atoms in total. The highest BCUT2D eigenvalue weighted by molar-refractivity contribution is 5.80. The van der Waals surface area contributed by atoms with E-state index in [9.17, 15) is 4.79 Å². The van der Waals surface area contributed by atoms with Gasteiger partial charge in [-0.25, -0.2) is 0 Å². The summed E-state index contributed by atoms with van der Waals surface area (Å²) in [6.07, 6.45) is 5.75. The molecular weight excluding hydrogens is 136 g/mol. The quantitative estimate of drug-likeness (QED) is 0.524. The van der Waals surface area contributed by atoms with Gasteiger partial charge in [-0.05, 0) is 12.3 Å². The highest BCUT2D eigenvalue weighted by Gasteiger charge is 2.18. The standard InChI is InChI=1S/C10H18O/c1-8-5-3-4-6-9(2)10(11)7-8/h8-9H,3-7H2,1-2H3. The molecule has 0 aromatic carbocycles. The average Bonchev–Trinajstić information content (AvgIpc) is 1.95. The lowest BCUT2D eigenvalue weighted by atomic mass is 9.86. The van der Waals surface area contributed by atoms with E-state index in [2.05, 4.69) is 13.8 Å². The topological polar surface area (TPSA) is 17.1 Å². The van der Waals surface area contributed by atoms with Gasteiger partial charge in [-0.1, -0.05) is 33.1 Å². The van der Waals surface area contributed by atoms with Gasteiger partial charge in [-0.2, -0.15) is 0 Å². The van der Waals surface area contributed by atoms with E-state index in [0.717, 1.165) is 12.8 Å². The molecule has 11 heavy (non-hydrogen) atoms. The molecule has 0 saturated heterocycles. The zero-order chi connectivity index (χ0) is 8.27. The molecule has 1 rings (SSSR count). The molecule has 0 heterocycles. The Morgan fingerprint density at radius 3 is 2.55 bits per heavy atom. The number of Topliss-reactive ketones (excluding diaryl/α,β-unsaturated/α-hetero) is 1. The van der Waals surface area contributed by atoms with Gasteiger partial charge in [0.2, 0.25) is 0 Å². The molecule has 2 atom stereocenters. The molecule has 0 spiro atoms. The fourth-order valence-corrected chi connectivity index (χ4v) is 1.75. The van der Waals surface area contributed by atoms with Gasteiger partial charge in [-0.15, -0.1) is 0 Å². The summed E-state index contributed by atoms with van der Waals surface area (Å²) >= 11 is 0. The van der Waals surface area contributed by atoms with Crippen molar-refractivity contribution in [2.24, 2.45) is 11.8 Å². The summed E-state index contributed by atoms with van der Waals surface area (Å²) in [6.45, 7) is 4.26. The molecule has 2 unspecified atom stereocenters. The first-order valence-electron chi connectivity index (χ1n) is 4.73. The van der Waals surface area contributed by atoms with Crippen LogP contribution in [0.1, 0.15) is 46.0 Å². The number of hydrogen-bond acceptors (Lipinski definition) is 1. The highest BCUT2D eigenvalue weighted by atomic mass is 16.1. The van der Waals surface area contributed by atoms with Crippen LogP contribution in [-0.2, 0) is 4.79 Å². The van der Waals surface area contributed by atoms with Gasteiger partial charge < -0.3 is 0 Å². The van der Waals surface area contributed by atoms with Gasteiger partial charge >= 0.3 is 0 Å². The van der Waals surface area contributed by atoms with E-state index in [4.69, 9.17) is 0 Å². The van der Waals surface area contributed by atoms with Gasteiger partial charge in [0.1, 0.15) is 5.78 Å². The van der Waals surface area contributed by atoms with Crippen molar-refractivity contribution >= 4 is 5.78 Å². The summed E-state index contributed by atoms with van der Waals surface area (Å²) in [7, 11) is 0. The van der Waals surface area contributed by atoms with Crippen molar-refractivity contribution in [3.63, 3.8) is 0 Å². The molecule has 1 saturated carbocycles. The Morgan fingerprint density at radius 1 is 1.18 bits per heavy atom. The van der Waals surface area contributed by atoms with E-state index in [1.165, 1.54) is 19.3 Å². The second-order valence-electron chi connectivity index (χ2n) is 3.96. The minimum absolute atomic E-state index is 0.331. The normalized spacial score (nSPS) is 34.5. The maximum absolute atomic E-state index is 11.4. The average molecular weight is 154 g/mol. The van der Waals surface area contributed by atoms with Crippen LogP contribution in [0.25, 0.3) is 0 Å². The molecule has 0 aliphatic heterocycles. The van der Waals surface area contributed by atoms with E-state index in [1.54, 1.807) is 0 Å². The smallest absolute Gasteiger partial charge is 0.135 e. The van der Waals surface area contributed by atoms with Gasteiger partial charge in [0.25, 0.3) is 0 Å². The summed E-state index contributed by atoms with van der Waals surface area (Å²) < 4.78 is 0. The molecule has 0 aromatic rings. The van der Waals surface area contributed by atoms with Gasteiger partial charge in [0, 0.05) is 12.3 Å². The summed E-state index contributed by atoms with van der Waals surface area (Å²) in [5.41, 5.74) is 0. The third kappa shape index (κ3) is 2.64. The Balaban J connectivity index is 2.45. The lowest BCUT2D eigenvalue weighted by Gasteiger charge is -2.18. The van der Waals surface area contributed by atoms with Crippen LogP contribution in [0.5, 0.6) is 0 Å². The second kappa shape index (κ2) is 3.89. The molecular formula is C10H18O. The van der Waals surface area contributed by atoms with Crippen molar-refractivity contribution in [2.45, 2.75) is 46.0 Å². The number of hydrogen-bond donors (Lipinski definition) is 0. The van der Waals surface area contributed by atoms with E-state index in [0.29, 0.717) is 17.6 Å². The lowest BCUT2D eigenvalue weighted by molar-refractivity contribution is -0.123. The third-order valence-electron chi connectivity index (χ3n) is 2.68. The first-order valence-corrected chi connectivity index (χ1v) is 4.73. The summed E-state index contributed by atoms with van der Waals surface area (Å²) in [6, 6.07) is 0. The van der Waals surface area contributed by atoms with Crippen LogP contribution in [0.4, 0.5) is 0 Å². The highest BCUT2D eigenvalue weighted by Crippen LogP contribution is 2.22. The van der Waals surface area contributed by atoms with E-state index in [-0.39, 0.29) is 0 Å². The molecule has 1 heteroatoms. The van der Waals surface area contributed by atoms with Crippen LogP contribution < -0.4 is 0 Å². The Labute approximate surface area is 69.2 Å². The minimum Gasteiger partial charge on any atom is -0.299 e. The third-order valence-corrected chi connectivity index (χ3v) is 2.68. The lowest BCUT2D eigenvalue weighted by Crippen LogP contribution is -2.16. The summed E-state index contributed by atoms with van der Waals surface area (Å²) in [5, 5.41) is 0. The summed E-state index contributed by atoms with van der Waals surface area (Å²) in [5.74, 6) is 1.44. The Hall–Kier alpha value is -0.330. The van der Waals surface area contributed by atoms with Gasteiger partial charge in [0.05, 0.1) is 0 Å². The second-order valence-corrected chi connectivity index (χ2v) is 3.96. The van der Waals surface area contributed by atoms with Crippen LogP contribution in [0.3, 0.4) is 0 Å². The molecule has 0 aromatic heterocycles. The fourth-order valence-electron chi connectivity index (χ4n) is 1.75. The first-order chi connectivity index (χ1) is 5.20. The molecule has 0 amide bonds. The first kappa shape index (κ1) is 8.76. The van der Waals surface area contributed by atoms with E-state index >= 15 is 0 Å². The van der Waals surface area contributed by atoms with Crippen LogP contribution in [0, 0.1) is 11.8 Å². The van der Waals surface area contributed by atoms with Crippen LogP contribution >= 0.6 is 0 Å². The number of rotatable bonds is 0. The van der Waals surface area contributed by atoms with Crippen molar-refractivity contribution in [3.05, 3.63) is 0 Å². The predicted octanol–water partition coefficient (Wildman–Crippen LogP) is 2.79. The predicted molar refractivity (Wildman–Crippen MR) is 46.4 cm³/mol. The maximum Gasteiger partial charge on any atom is 0.135 e. The molecule has 0 bridgehead atoms. The molecule has 1 aliphatic rings.